The van der Waals surface area contributed by atoms with E-state index in [1.807, 2.05) is 30.3 Å². The van der Waals surface area contributed by atoms with Gasteiger partial charge in [-0.3, -0.25) is 0 Å². The maximum Gasteiger partial charge on any atom is 0.279 e. The molecule has 2 rings (SSSR count). The fourth-order valence-corrected chi connectivity index (χ4v) is 3.51. The van der Waals surface area contributed by atoms with E-state index >= 15 is 0 Å². The standard InChI is InChI=1S/C12H9BrClN3O2S/c1-8-10(6-15)12(20(14,18)19)17(16-8)7-9-4-2-3-5-11(9)13/h2-5H,7H2,1H3. The summed E-state index contributed by atoms with van der Waals surface area (Å²) in [4.78, 5) is 0. The van der Waals surface area contributed by atoms with E-state index in [1.165, 1.54) is 4.68 Å². The monoisotopic (exact) mass is 373 g/mol. The quantitative estimate of drug-likeness (QED) is 0.774. The molecule has 0 bridgehead atoms. The van der Waals surface area contributed by atoms with Crippen LogP contribution < -0.4 is 0 Å². The number of hydrogen-bond donors (Lipinski definition) is 0. The first-order valence-electron chi connectivity index (χ1n) is 5.50. The Morgan fingerprint density at radius 3 is 2.65 bits per heavy atom. The molecule has 0 radical (unpaired) electrons. The molecule has 0 aliphatic heterocycles. The molecular weight excluding hydrogens is 366 g/mol. The first-order chi connectivity index (χ1) is 9.34. The molecule has 8 heteroatoms. The summed E-state index contributed by atoms with van der Waals surface area (Å²) in [7, 11) is 1.36. The van der Waals surface area contributed by atoms with Gasteiger partial charge in [0.2, 0.25) is 0 Å². The van der Waals surface area contributed by atoms with Crippen LogP contribution >= 0.6 is 26.6 Å². The molecule has 2 aromatic rings. The van der Waals surface area contributed by atoms with Crippen molar-refractivity contribution in [2.24, 2.45) is 0 Å². The Morgan fingerprint density at radius 1 is 1.45 bits per heavy atom. The number of aromatic nitrogens is 2. The first kappa shape index (κ1) is 15.0. The van der Waals surface area contributed by atoms with Gasteiger partial charge in [-0.05, 0) is 18.6 Å². The van der Waals surface area contributed by atoms with Crippen molar-refractivity contribution in [3.8, 4) is 6.07 Å². The molecule has 0 N–H and O–H groups in total. The lowest BCUT2D eigenvalue weighted by atomic mass is 10.2. The smallest absolute Gasteiger partial charge is 0.247 e. The Hall–Kier alpha value is -1.36. The van der Waals surface area contributed by atoms with Gasteiger partial charge in [0.15, 0.2) is 5.03 Å². The van der Waals surface area contributed by atoms with Crippen LogP contribution in [-0.4, -0.2) is 18.2 Å². The third kappa shape index (κ3) is 2.87. The number of hydrogen-bond acceptors (Lipinski definition) is 4. The summed E-state index contributed by atoms with van der Waals surface area (Å²) >= 11 is 3.38. The van der Waals surface area contributed by atoms with Crippen LogP contribution in [0.15, 0.2) is 33.8 Å². The lowest BCUT2D eigenvalue weighted by molar-refractivity contribution is 0.572. The third-order valence-electron chi connectivity index (χ3n) is 2.70. The number of aryl methyl sites for hydroxylation is 1. The zero-order valence-corrected chi connectivity index (χ0v) is 13.5. The summed E-state index contributed by atoms with van der Waals surface area (Å²) in [6.45, 7) is 1.77. The third-order valence-corrected chi connectivity index (χ3v) is 4.79. The van der Waals surface area contributed by atoms with Crippen LogP contribution in [0.25, 0.3) is 0 Å². The van der Waals surface area contributed by atoms with E-state index in [0.717, 1.165) is 10.0 Å². The molecule has 0 amide bonds. The molecule has 1 aromatic heterocycles. The normalized spacial score (nSPS) is 11.3. The molecule has 0 aliphatic carbocycles. The highest BCUT2D eigenvalue weighted by atomic mass is 79.9. The van der Waals surface area contributed by atoms with Crippen molar-refractivity contribution in [2.45, 2.75) is 18.5 Å². The second kappa shape index (κ2) is 5.56. The van der Waals surface area contributed by atoms with Gasteiger partial charge in [-0.1, -0.05) is 34.1 Å². The van der Waals surface area contributed by atoms with E-state index in [0.29, 0.717) is 5.69 Å². The lowest BCUT2D eigenvalue weighted by Crippen LogP contribution is -2.09. The number of nitrogens with zero attached hydrogens (tertiary/aromatic N) is 3. The van der Waals surface area contributed by atoms with Gasteiger partial charge in [-0.15, -0.1) is 0 Å². The Bertz CT molecular complexity index is 809. The maximum atomic E-state index is 11.7. The largest absolute Gasteiger partial charge is 0.279 e. The van der Waals surface area contributed by atoms with E-state index in [1.54, 1.807) is 6.92 Å². The van der Waals surface area contributed by atoms with Crippen molar-refractivity contribution in [3.63, 3.8) is 0 Å². The van der Waals surface area contributed by atoms with Gasteiger partial charge in [0.1, 0.15) is 11.6 Å². The van der Waals surface area contributed by atoms with E-state index in [-0.39, 0.29) is 17.1 Å². The summed E-state index contributed by atoms with van der Waals surface area (Å²) < 4.78 is 25.4. The number of nitriles is 1. The van der Waals surface area contributed by atoms with Crippen molar-refractivity contribution in [1.82, 2.24) is 9.78 Å². The second-order valence-corrected chi connectivity index (χ2v) is 7.40. The molecule has 0 saturated carbocycles. The van der Waals surface area contributed by atoms with E-state index in [2.05, 4.69) is 21.0 Å². The maximum absolute atomic E-state index is 11.7. The lowest BCUT2D eigenvalue weighted by Gasteiger charge is -2.07. The van der Waals surface area contributed by atoms with Gasteiger partial charge in [0.25, 0.3) is 9.05 Å². The molecule has 5 nitrogen and oxygen atoms in total. The Kier molecular flexibility index (Phi) is 4.18. The Labute approximate surface area is 129 Å². The summed E-state index contributed by atoms with van der Waals surface area (Å²) in [5.41, 5.74) is 1.15. The molecule has 1 aromatic carbocycles. The average Bonchev–Trinajstić information content (AvgIpc) is 2.68. The zero-order chi connectivity index (χ0) is 14.9. The van der Waals surface area contributed by atoms with Crippen LogP contribution in [0.2, 0.25) is 0 Å². The van der Waals surface area contributed by atoms with E-state index in [9.17, 15) is 8.42 Å². The molecule has 0 aliphatic rings. The predicted octanol–water partition coefficient (Wildman–Crippen LogP) is 2.80. The SMILES string of the molecule is Cc1nn(Cc2ccccc2Br)c(S(=O)(=O)Cl)c1C#N. The molecular formula is C12H9BrClN3O2S. The summed E-state index contributed by atoms with van der Waals surface area (Å²) in [5.74, 6) is 0. The van der Waals surface area contributed by atoms with Crippen LogP contribution in [0.4, 0.5) is 0 Å². The minimum Gasteiger partial charge on any atom is -0.247 e. The van der Waals surface area contributed by atoms with Crippen LogP contribution in [0, 0.1) is 18.3 Å². The molecule has 0 saturated heterocycles. The molecule has 104 valence electrons. The number of rotatable bonds is 3. The highest BCUT2D eigenvalue weighted by Gasteiger charge is 2.25. The highest BCUT2D eigenvalue weighted by molar-refractivity contribution is 9.10. The molecule has 0 unspecified atom stereocenters. The Balaban J connectivity index is 2.60. The van der Waals surface area contributed by atoms with Crippen molar-refractivity contribution < 1.29 is 8.42 Å². The van der Waals surface area contributed by atoms with Crippen LogP contribution in [-0.2, 0) is 15.6 Å². The fraction of sp³-hybridized carbons (Fsp3) is 0.167. The van der Waals surface area contributed by atoms with Crippen molar-refractivity contribution >= 4 is 35.7 Å². The van der Waals surface area contributed by atoms with Gasteiger partial charge in [-0.25, -0.2) is 13.1 Å². The molecule has 0 fully saturated rings. The van der Waals surface area contributed by atoms with Crippen molar-refractivity contribution in [3.05, 3.63) is 45.6 Å². The van der Waals surface area contributed by atoms with Crippen molar-refractivity contribution in [1.29, 1.82) is 5.26 Å². The van der Waals surface area contributed by atoms with Gasteiger partial charge < -0.3 is 0 Å². The van der Waals surface area contributed by atoms with Crippen LogP contribution in [0.5, 0.6) is 0 Å². The van der Waals surface area contributed by atoms with Crippen LogP contribution in [0.1, 0.15) is 16.8 Å². The molecule has 0 atom stereocenters. The molecule has 0 spiro atoms. The van der Waals surface area contributed by atoms with Gasteiger partial charge >= 0.3 is 0 Å². The minimum atomic E-state index is -4.05. The summed E-state index contributed by atoms with van der Waals surface area (Å²) in [5, 5.41) is 12.9. The first-order valence-corrected chi connectivity index (χ1v) is 8.60. The van der Waals surface area contributed by atoms with Gasteiger partial charge in [0.05, 0.1) is 12.2 Å². The summed E-state index contributed by atoms with van der Waals surface area (Å²) in [6.07, 6.45) is 0. The average molecular weight is 375 g/mol. The van der Waals surface area contributed by atoms with Crippen LogP contribution in [0.3, 0.4) is 0 Å². The molecule has 20 heavy (non-hydrogen) atoms. The minimum absolute atomic E-state index is 0.0212. The molecule has 1 heterocycles. The van der Waals surface area contributed by atoms with Crippen molar-refractivity contribution in [2.75, 3.05) is 0 Å². The predicted molar refractivity (Wildman–Crippen MR) is 78.0 cm³/mol. The van der Waals surface area contributed by atoms with E-state index < -0.39 is 9.05 Å². The summed E-state index contributed by atoms with van der Waals surface area (Å²) in [6, 6.07) is 9.18. The Morgan fingerprint density at radius 2 is 2.10 bits per heavy atom. The zero-order valence-electron chi connectivity index (χ0n) is 10.3. The second-order valence-electron chi connectivity index (χ2n) is 4.06. The number of halogens is 2. The fourth-order valence-electron chi connectivity index (χ4n) is 1.83. The van der Waals surface area contributed by atoms with E-state index in [4.69, 9.17) is 15.9 Å². The van der Waals surface area contributed by atoms with Gasteiger partial charge in [-0.2, -0.15) is 10.4 Å². The number of benzene rings is 1. The topological polar surface area (TPSA) is 75.8 Å². The highest BCUT2D eigenvalue weighted by Crippen LogP contribution is 2.25. The van der Waals surface area contributed by atoms with Gasteiger partial charge in [0, 0.05) is 15.2 Å².